The van der Waals surface area contributed by atoms with Crippen molar-refractivity contribution < 1.29 is 48.7 Å². The number of phenols is 1. The van der Waals surface area contributed by atoms with Crippen LogP contribution in [0.25, 0.3) is 5.57 Å². The number of aliphatic hydroxyl groups excluding tert-OH is 1. The van der Waals surface area contributed by atoms with Crippen molar-refractivity contribution in [1.29, 1.82) is 0 Å². The third-order valence-corrected chi connectivity index (χ3v) is 8.74. The summed E-state index contributed by atoms with van der Waals surface area (Å²) in [7, 11) is 5.45. The predicted octanol–water partition coefficient (Wildman–Crippen LogP) is 2.95. The molecule has 0 bridgehead atoms. The first-order valence-corrected chi connectivity index (χ1v) is 12.7. The number of ether oxygens (including phenoxy) is 4. The Morgan fingerprint density at radius 1 is 0.900 bits per heavy atom. The largest absolute Gasteiger partial charge is 0.504 e. The van der Waals surface area contributed by atoms with Crippen molar-refractivity contribution in [2.45, 2.75) is 31.8 Å². The Labute approximate surface area is 229 Å². The quantitative estimate of drug-likeness (QED) is 0.501. The van der Waals surface area contributed by atoms with E-state index in [1.807, 2.05) is 0 Å². The first kappa shape index (κ1) is 25.9. The van der Waals surface area contributed by atoms with Crippen molar-refractivity contribution in [1.82, 2.24) is 0 Å². The van der Waals surface area contributed by atoms with E-state index in [0.717, 1.165) is 0 Å². The van der Waals surface area contributed by atoms with Crippen molar-refractivity contribution in [2.75, 3.05) is 28.4 Å². The molecule has 1 aromatic rings. The summed E-state index contributed by atoms with van der Waals surface area (Å²) in [5.41, 5.74) is 0.495. The molecule has 0 fully saturated rings. The SMILES string of the molecule is COC1=CC(=O)C2=C3C1=C1C(OC)=CC(=O)c4c(O)c(OC)c5c(c41)C3C(C(OC)=C2O)C(C(C)=O)C(C)(O)C5. The number of aliphatic hydroxyl groups is 2. The minimum atomic E-state index is -1.72. The summed E-state index contributed by atoms with van der Waals surface area (Å²) < 4.78 is 22.7. The fourth-order valence-corrected chi connectivity index (χ4v) is 7.50. The molecule has 5 aliphatic rings. The van der Waals surface area contributed by atoms with Crippen LogP contribution in [0.5, 0.6) is 11.5 Å². The number of hydrogen-bond acceptors (Lipinski definition) is 10. The Morgan fingerprint density at radius 2 is 1.52 bits per heavy atom. The number of allylic oxidation sites excluding steroid dienone is 6. The molecule has 0 saturated carbocycles. The highest BCUT2D eigenvalue weighted by atomic mass is 16.5. The van der Waals surface area contributed by atoms with Gasteiger partial charge in [-0.2, -0.15) is 0 Å². The molecule has 0 aromatic heterocycles. The van der Waals surface area contributed by atoms with Gasteiger partial charge < -0.3 is 34.3 Å². The molecule has 40 heavy (non-hydrogen) atoms. The number of aromatic hydroxyl groups is 1. The molecular formula is C30H28O10. The van der Waals surface area contributed by atoms with Gasteiger partial charge in [0.05, 0.1) is 51.1 Å². The minimum absolute atomic E-state index is 0.0214. The van der Waals surface area contributed by atoms with Crippen molar-refractivity contribution in [3.8, 4) is 11.5 Å². The van der Waals surface area contributed by atoms with Crippen LogP contribution in [0.2, 0.25) is 0 Å². The molecule has 4 unspecified atom stereocenters. The van der Waals surface area contributed by atoms with Crippen molar-refractivity contribution in [2.24, 2.45) is 11.8 Å². The average Bonchev–Trinajstić information content (AvgIpc) is 2.99. The lowest BCUT2D eigenvalue weighted by Crippen LogP contribution is -2.47. The standard InChI is InChI=1S/C30H28O10/c1-10(31)25-24-22-16-11(9-30(25,2)36)28(39-5)26(34)17-12(32)7-14(37-3)19(21(16)17)20-15(38-4)8-13(33)18(23(20)22)27(35)29(24)40-6/h7-8,22,24-25,34-36H,9H2,1-6H3. The van der Waals surface area contributed by atoms with E-state index in [1.165, 1.54) is 54.4 Å². The highest BCUT2D eigenvalue weighted by Crippen LogP contribution is 2.65. The van der Waals surface area contributed by atoms with Crippen LogP contribution >= 0.6 is 0 Å². The van der Waals surface area contributed by atoms with Gasteiger partial charge in [-0.1, -0.05) is 0 Å². The molecule has 0 amide bonds. The zero-order valence-electron chi connectivity index (χ0n) is 22.8. The third-order valence-electron chi connectivity index (χ3n) is 8.74. The number of carbonyl (C=O) groups excluding carboxylic acids is 3. The van der Waals surface area contributed by atoms with Gasteiger partial charge in [0.25, 0.3) is 0 Å². The van der Waals surface area contributed by atoms with Crippen LogP contribution in [-0.2, 0) is 30.2 Å². The van der Waals surface area contributed by atoms with E-state index in [-0.39, 0.29) is 46.4 Å². The van der Waals surface area contributed by atoms with Gasteiger partial charge >= 0.3 is 0 Å². The molecule has 0 heterocycles. The maximum atomic E-state index is 13.5. The van der Waals surface area contributed by atoms with Gasteiger partial charge in [-0.25, -0.2) is 0 Å². The molecular weight excluding hydrogens is 520 g/mol. The highest BCUT2D eigenvalue weighted by Gasteiger charge is 2.59. The van der Waals surface area contributed by atoms with Crippen LogP contribution in [0.3, 0.4) is 0 Å². The van der Waals surface area contributed by atoms with Crippen molar-refractivity contribution in [3.63, 3.8) is 0 Å². The van der Waals surface area contributed by atoms with E-state index >= 15 is 0 Å². The summed E-state index contributed by atoms with van der Waals surface area (Å²) in [6, 6.07) is 0. The molecule has 5 aliphatic carbocycles. The van der Waals surface area contributed by atoms with Gasteiger partial charge in [0.1, 0.15) is 23.1 Å². The number of hydrogen-bond donors (Lipinski definition) is 3. The first-order valence-electron chi connectivity index (χ1n) is 12.7. The van der Waals surface area contributed by atoms with Gasteiger partial charge in [0, 0.05) is 52.7 Å². The van der Waals surface area contributed by atoms with Crippen molar-refractivity contribution >= 4 is 22.9 Å². The fourth-order valence-electron chi connectivity index (χ4n) is 7.50. The predicted molar refractivity (Wildman–Crippen MR) is 140 cm³/mol. The lowest BCUT2D eigenvalue weighted by Gasteiger charge is -2.46. The third kappa shape index (κ3) is 2.94. The topological polar surface area (TPSA) is 149 Å². The van der Waals surface area contributed by atoms with Gasteiger partial charge in [0.2, 0.25) is 0 Å². The van der Waals surface area contributed by atoms with E-state index in [4.69, 9.17) is 18.9 Å². The second kappa shape index (κ2) is 8.34. The van der Waals surface area contributed by atoms with E-state index in [9.17, 15) is 29.7 Å². The zero-order chi connectivity index (χ0) is 29.0. The summed E-state index contributed by atoms with van der Waals surface area (Å²) in [6.07, 6.45) is 2.33. The molecule has 4 atom stereocenters. The Hall–Kier alpha value is -4.31. The van der Waals surface area contributed by atoms with Crippen LogP contribution in [0, 0.1) is 11.8 Å². The summed E-state index contributed by atoms with van der Waals surface area (Å²) in [5, 5.41) is 34.9. The number of Topliss-reactive ketones (excluding diaryl/α,β-unsaturated/α-hetero) is 1. The Morgan fingerprint density at radius 3 is 2.10 bits per heavy atom. The van der Waals surface area contributed by atoms with Crippen LogP contribution in [0.1, 0.15) is 46.8 Å². The van der Waals surface area contributed by atoms with E-state index in [0.29, 0.717) is 33.4 Å². The molecule has 0 radical (unpaired) electrons. The minimum Gasteiger partial charge on any atom is -0.504 e. The summed E-state index contributed by atoms with van der Waals surface area (Å²) in [6.45, 7) is 2.85. The number of carbonyl (C=O) groups is 3. The molecule has 1 aromatic carbocycles. The smallest absolute Gasteiger partial charge is 0.194 e. The molecule has 6 rings (SSSR count). The van der Waals surface area contributed by atoms with Crippen LogP contribution in [0.4, 0.5) is 0 Å². The van der Waals surface area contributed by atoms with Gasteiger partial charge in [0.15, 0.2) is 28.8 Å². The van der Waals surface area contributed by atoms with Crippen molar-refractivity contribution in [3.05, 3.63) is 74.2 Å². The Bertz CT molecular complexity index is 1630. The van der Waals surface area contributed by atoms with Gasteiger partial charge in [-0.3, -0.25) is 14.4 Å². The molecule has 10 heteroatoms. The molecule has 208 valence electrons. The Balaban J connectivity index is 1.93. The number of benzene rings is 1. The number of ketones is 3. The highest BCUT2D eigenvalue weighted by molar-refractivity contribution is 6.20. The summed E-state index contributed by atoms with van der Waals surface area (Å²) in [5.74, 6) is -5.00. The average molecular weight is 549 g/mol. The summed E-state index contributed by atoms with van der Waals surface area (Å²) >= 11 is 0. The van der Waals surface area contributed by atoms with E-state index in [2.05, 4.69) is 0 Å². The second-order valence-corrected chi connectivity index (χ2v) is 10.8. The lowest BCUT2D eigenvalue weighted by atomic mass is 9.58. The second-order valence-electron chi connectivity index (χ2n) is 10.8. The fraction of sp³-hybridized carbons (Fsp3) is 0.367. The van der Waals surface area contributed by atoms with Crippen LogP contribution in [-0.4, -0.2) is 66.7 Å². The maximum absolute atomic E-state index is 13.5. The zero-order valence-corrected chi connectivity index (χ0v) is 22.8. The van der Waals surface area contributed by atoms with Crippen LogP contribution < -0.4 is 4.74 Å². The number of rotatable bonds is 5. The summed E-state index contributed by atoms with van der Waals surface area (Å²) in [4.78, 5) is 40.4. The van der Waals surface area contributed by atoms with Crippen LogP contribution in [0.15, 0.2) is 51.9 Å². The molecule has 3 N–H and O–H groups in total. The lowest BCUT2D eigenvalue weighted by molar-refractivity contribution is -0.133. The first-order chi connectivity index (χ1) is 18.9. The number of phenolic OH excluding ortho intramolecular Hbond substituents is 1. The molecule has 0 aliphatic heterocycles. The monoisotopic (exact) mass is 548 g/mol. The number of methoxy groups -OCH3 is 4. The van der Waals surface area contributed by atoms with E-state index < -0.39 is 46.4 Å². The maximum Gasteiger partial charge on any atom is 0.194 e. The normalized spacial score (nSPS) is 28.0. The molecule has 10 nitrogen and oxygen atoms in total. The van der Waals surface area contributed by atoms with Gasteiger partial charge in [-0.05, 0) is 25.0 Å². The molecule has 0 saturated heterocycles. The van der Waals surface area contributed by atoms with Gasteiger partial charge in [-0.15, -0.1) is 0 Å². The Kier molecular flexibility index (Phi) is 5.41. The van der Waals surface area contributed by atoms with E-state index in [1.54, 1.807) is 0 Å². The molecule has 0 spiro atoms.